The van der Waals surface area contributed by atoms with Gasteiger partial charge in [-0.05, 0) is 20.8 Å². The summed E-state index contributed by atoms with van der Waals surface area (Å²) in [6.45, 7) is 5.93. The van der Waals surface area contributed by atoms with E-state index in [1.54, 1.807) is 23.2 Å². The number of nitrogens with one attached hydrogen (secondary N) is 1. The molecule has 1 atom stereocenters. The minimum absolute atomic E-state index is 0.0112. The van der Waals surface area contributed by atoms with E-state index in [9.17, 15) is 4.79 Å². The molecule has 15 heavy (non-hydrogen) atoms. The number of urea groups is 1. The van der Waals surface area contributed by atoms with Crippen LogP contribution in [0.4, 0.5) is 4.79 Å². The van der Waals surface area contributed by atoms with Crippen molar-refractivity contribution < 1.29 is 4.79 Å². The summed E-state index contributed by atoms with van der Waals surface area (Å²) in [5, 5.41) is 3.10. The quantitative estimate of drug-likeness (QED) is 0.697. The third kappa shape index (κ3) is 1.30. The maximum absolute atomic E-state index is 12.0. The van der Waals surface area contributed by atoms with Crippen LogP contribution in [0.2, 0.25) is 0 Å². The highest BCUT2D eigenvalue weighted by atomic mass is 16.2. The number of carbonyl (C=O) groups excluding carboxylic acids is 1. The van der Waals surface area contributed by atoms with Gasteiger partial charge in [-0.25, -0.2) is 9.79 Å². The number of amides is 2. The summed E-state index contributed by atoms with van der Waals surface area (Å²) in [5.74, 6) is 0. The fourth-order valence-corrected chi connectivity index (χ4v) is 1.93. The van der Waals surface area contributed by atoms with Gasteiger partial charge < -0.3 is 5.32 Å². The van der Waals surface area contributed by atoms with Gasteiger partial charge in [-0.1, -0.05) is 0 Å². The molecule has 0 spiro atoms. The highest BCUT2D eigenvalue weighted by Gasteiger charge is 2.39. The summed E-state index contributed by atoms with van der Waals surface area (Å²) in [6, 6.07) is 0.155. The van der Waals surface area contributed by atoms with E-state index in [4.69, 9.17) is 0 Å². The predicted octanol–water partition coefficient (Wildman–Crippen LogP) is 0.951. The third-order valence-corrected chi connectivity index (χ3v) is 2.91. The lowest BCUT2D eigenvalue weighted by Gasteiger charge is -2.40. The van der Waals surface area contributed by atoms with Crippen LogP contribution in [0.1, 0.15) is 20.8 Å². The molecule has 0 saturated carbocycles. The highest BCUT2D eigenvalue weighted by molar-refractivity contribution is 5.81. The fraction of sp³-hybridized carbons (Fsp3) is 0.600. The zero-order valence-electron chi connectivity index (χ0n) is 9.48. The molecule has 82 valence electrons. The Hall–Kier alpha value is -1.52. The minimum Gasteiger partial charge on any atom is -0.345 e. The fourth-order valence-electron chi connectivity index (χ4n) is 1.93. The molecule has 0 aromatic carbocycles. The average molecular weight is 208 g/mol. The van der Waals surface area contributed by atoms with E-state index in [2.05, 4.69) is 10.3 Å². The molecule has 2 aliphatic heterocycles. The van der Waals surface area contributed by atoms with E-state index in [0.717, 1.165) is 11.4 Å². The SMILES string of the molecule is CC1=C2NC=NC2N(C(C)C)C(=O)N1C. The molecule has 0 aromatic heterocycles. The number of allylic oxidation sites excluding steroid dienone is 1. The lowest BCUT2D eigenvalue weighted by Crippen LogP contribution is -2.54. The molecule has 2 heterocycles. The third-order valence-electron chi connectivity index (χ3n) is 2.91. The molecule has 0 aliphatic carbocycles. The van der Waals surface area contributed by atoms with Crippen molar-refractivity contribution in [2.45, 2.75) is 33.0 Å². The van der Waals surface area contributed by atoms with Crippen LogP contribution < -0.4 is 5.32 Å². The second-order valence-corrected chi connectivity index (χ2v) is 4.14. The number of nitrogens with zero attached hydrogens (tertiary/aromatic N) is 3. The van der Waals surface area contributed by atoms with Crippen LogP contribution in [-0.2, 0) is 0 Å². The Kier molecular flexibility index (Phi) is 2.17. The molecule has 0 aromatic rings. The largest absolute Gasteiger partial charge is 0.345 e. The number of carbonyl (C=O) groups is 1. The van der Waals surface area contributed by atoms with Gasteiger partial charge in [0.25, 0.3) is 0 Å². The van der Waals surface area contributed by atoms with Gasteiger partial charge in [0.15, 0.2) is 6.17 Å². The summed E-state index contributed by atoms with van der Waals surface area (Å²) in [6.07, 6.45) is 1.50. The van der Waals surface area contributed by atoms with Crippen LogP contribution in [-0.4, -0.2) is 41.4 Å². The summed E-state index contributed by atoms with van der Waals surface area (Å²) in [5.41, 5.74) is 1.95. The Morgan fingerprint density at radius 3 is 2.80 bits per heavy atom. The normalized spacial score (nSPS) is 25.1. The van der Waals surface area contributed by atoms with E-state index in [1.807, 2.05) is 20.8 Å². The van der Waals surface area contributed by atoms with Gasteiger partial charge in [0, 0.05) is 18.8 Å². The van der Waals surface area contributed by atoms with Gasteiger partial charge >= 0.3 is 6.03 Å². The molecule has 5 nitrogen and oxygen atoms in total. The first-order chi connectivity index (χ1) is 7.04. The second kappa shape index (κ2) is 3.25. The Bertz CT molecular complexity index is 358. The summed E-state index contributed by atoms with van der Waals surface area (Å²) < 4.78 is 0. The van der Waals surface area contributed by atoms with Gasteiger partial charge in [0.1, 0.15) is 0 Å². The molecule has 1 N–H and O–H groups in total. The zero-order chi connectivity index (χ0) is 11.2. The zero-order valence-corrected chi connectivity index (χ0v) is 9.48. The Morgan fingerprint density at radius 1 is 1.53 bits per heavy atom. The number of hydrogen-bond donors (Lipinski definition) is 1. The maximum Gasteiger partial charge on any atom is 0.326 e. The lowest BCUT2D eigenvalue weighted by molar-refractivity contribution is 0.132. The van der Waals surface area contributed by atoms with Crippen molar-refractivity contribution in [3.63, 3.8) is 0 Å². The van der Waals surface area contributed by atoms with Crippen molar-refractivity contribution in [2.75, 3.05) is 7.05 Å². The molecule has 2 rings (SSSR count). The van der Waals surface area contributed by atoms with E-state index < -0.39 is 0 Å². The van der Waals surface area contributed by atoms with Gasteiger partial charge in [0.05, 0.1) is 12.0 Å². The molecule has 0 fully saturated rings. The summed E-state index contributed by atoms with van der Waals surface area (Å²) >= 11 is 0. The molecule has 1 unspecified atom stereocenters. The standard InChI is InChI=1S/C10H16N4O/c1-6(2)14-9-8(11-5-12-9)7(3)13(4)10(14)15/h5-6,9H,1-4H3,(H,11,12). The summed E-state index contributed by atoms with van der Waals surface area (Å²) in [7, 11) is 1.79. The van der Waals surface area contributed by atoms with Crippen molar-refractivity contribution in [2.24, 2.45) is 4.99 Å². The minimum atomic E-state index is -0.159. The lowest BCUT2D eigenvalue weighted by atomic mass is 10.1. The van der Waals surface area contributed by atoms with Crippen LogP contribution in [0.5, 0.6) is 0 Å². The van der Waals surface area contributed by atoms with Gasteiger partial charge in [0.2, 0.25) is 0 Å². The van der Waals surface area contributed by atoms with Gasteiger partial charge in [-0.15, -0.1) is 0 Å². The number of fused-ring (bicyclic) bond motifs is 1. The Morgan fingerprint density at radius 2 is 2.20 bits per heavy atom. The topological polar surface area (TPSA) is 47.9 Å². The smallest absolute Gasteiger partial charge is 0.326 e. The van der Waals surface area contributed by atoms with Crippen LogP contribution in [0.15, 0.2) is 16.4 Å². The van der Waals surface area contributed by atoms with Crippen LogP contribution in [0.3, 0.4) is 0 Å². The van der Waals surface area contributed by atoms with Gasteiger partial charge in [-0.3, -0.25) is 9.80 Å². The Labute approximate surface area is 89.4 Å². The van der Waals surface area contributed by atoms with E-state index in [-0.39, 0.29) is 18.2 Å². The average Bonchev–Trinajstić information content (AvgIpc) is 2.62. The van der Waals surface area contributed by atoms with Crippen molar-refractivity contribution in [1.29, 1.82) is 0 Å². The van der Waals surface area contributed by atoms with E-state index >= 15 is 0 Å². The molecule has 0 radical (unpaired) electrons. The first-order valence-corrected chi connectivity index (χ1v) is 5.09. The highest BCUT2D eigenvalue weighted by Crippen LogP contribution is 2.27. The first kappa shape index (κ1) is 10.0. The molecule has 0 saturated heterocycles. The number of hydrogen-bond acceptors (Lipinski definition) is 3. The van der Waals surface area contributed by atoms with Crippen LogP contribution in [0, 0.1) is 0 Å². The number of aliphatic imine (C=N–C) groups is 1. The first-order valence-electron chi connectivity index (χ1n) is 5.09. The maximum atomic E-state index is 12.0. The van der Waals surface area contributed by atoms with E-state index in [0.29, 0.717) is 0 Å². The monoisotopic (exact) mass is 208 g/mol. The summed E-state index contributed by atoms with van der Waals surface area (Å²) in [4.78, 5) is 19.8. The molecule has 2 aliphatic rings. The molecular weight excluding hydrogens is 192 g/mol. The number of rotatable bonds is 1. The molecule has 5 heteroatoms. The van der Waals surface area contributed by atoms with E-state index in [1.165, 1.54) is 0 Å². The Balaban J connectivity index is 2.45. The van der Waals surface area contributed by atoms with Crippen LogP contribution >= 0.6 is 0 Å². The van der Waals surface area contributed by atoms with Gasteiger partial charge in [-0.2, -0.15) is 0 Å². The van der Waals surface area contributed by atoms with Crippen molar-refractivity contribution in [3.8, 4) is 0 Å². The van der Waals surface area contributed by atoms with Crippen LogP contribution in [0.25, 0.3) is 0 Å². The molecule has 0 bridgehead atoms. The van der Waals surface area contributed by atoms with Crippen molar-refractivity contribution in [3.05, 3.63) is 11.4 Å². The van der Waals surface area contributed by atoms with Crippen molar-refractivity contribution in [1.82, 2.24) is 15.1 Å². The molecule has 2 amide bonds. The van der Waals surface area contributed by atoms with Crippen molar-refractivity contribution >= 4 is 12.4 Å². The second-order valence-electron chi connectivity index (χ2n) is 4.14. The molecular formula is C10H16N4O. The predicted molar refractivity (Wildman–Crippen MR) is 58.2 cm³/mol.